The number of carbonyl (C=O) groups excluding carboxylic acids is 2. The van der Waals surface area contributed by atoms with Crippen molar-refractivity contribution in [2.45, 2.75) is 19.8 Å². The molecule has 0 radical (unpaired) electrons. The van der Waals surface area contributed by atoms with E-state index in [4.69, 9.17) is 0 Å². The van der Waals surface area contributed by atoms with E-state index in [1.54, 1.807) is 0 Å². The molecule has 6 heteroatoms. The van der Waals surface area contributed by atoms with Crippen molar-refractivity contribution in [3.63, 3.8) is 0 Å². The molecule has 124 valence electrons. The van der Waals surface area contributed by atoms with Crippen LogP contribution in [-0.2, 0) is 4.79 Å². The van der Waals surface area contributed by atoms with Crippen LogP contribution in [0.1, 0.15) is 51.6 Å². The van der Waals surface area contributed by atoms with E-state index in [0.717, 1.165) is 0 Å². The fraction of sp³-hybridized carbons (Fsp3) is 0.167. The predicted molar refractivity (Wildman–Crippen MR) is 85.7 cm³/mol. The van der Waals surface area contributed by atoms with Gasteiger partial charge in [0, 0.05) is 0 Å². The molecule has 0 saturated heterocycles. The van der Waals surface area contributed by atoms with Gasteiger partial charge < -0.3 is 15.3 Å². The van der Waals surface area contributed by atoms with Gasteiger partial charge in [-0.05, 0) is 49.2 Å². The Kier molecular flexibility index (Phi) is 4.69. The summed E-state index contributed by atoms with van der Waals surface area (Å²) in [4.78, 5) is 34.8. The molecule has 0 saturated carbocycles. The number of hydrogen-bond donors (Lipinski definition) is 3. The van der Waals surface area contributed by atoms with Gasteiger partial charge in [0.15, 0.2) is 11.6 Å². The number of benzene rings is 2. The average molecular weight is 328 g/mol. The molecule has 0 fully saturated rings. The maximum atomic E-state index is 11.7. The molecule has 24 heavy (non-hydrogen) atoms. The van der Waals surface area contributed by atoms with Gasteiger partial charge >= 0.3 is 5.97 Å². The summed E-state index contributed by atoms with van der Waals surface area (Å²) < 4.78 is 0. The van der Waals surface area contributed by atoms with Crippen molar-refractivity contribution in [3.05, 3.63) is 58.7 Å². The largest absolute Gasteiger partial charge is 0.507 e. The van der Waals surface area contributed by atoms with E-state index >= 15 is 0 Å². The number of phenolic OH excluding ortho intramolecular Hbond substituents is 2. The highest BCUT2D eigenvalue weighted by atomic mass is 16.4. The molecule has 0 heterocycles. The number of Topliss-reactive ketones (excluding diaryl/α,β-unsaturated/α-hetero) is 2. The van der Waals surface area contributed by atoms with Gasteiger partial charge in [0.2, 0.25) is 0 Å². The second-order valence-corrected chi connectivity index (χ2v) is 5.44. The normalized spacial score (nSPS) is 10.6. The number of rotatable bonds is 5. The average Bonchev–Trinajstić information content (AvgIpc) is 2.49. The molecule has 0 aliphatic rings. The smallest absolute Gasteiger partial charge is 0.315 e. The third-order valence-corrected chi connectivity index (χ3v) is 3.71. The van der Waals surface area contributed by atoms with Crippen molar-refractivity contribution in [2.75, 3.05) is 0 Å². The zero-order chi connectivity index (χ0) is 18.0. The van der Waals surface area contributed by atoms with Crippen LogP contribution in [0.5, 0.6) is 11.5 Å². The van der Waals surface area contributed by atoms with Gasteiger partial charge in [-0.15, -0.1) is 0 Å². The maximum absolute atomic E-state index is 11.7. The van der Waals surface area contributed by atoms with E-state index in [-0.39, 0.29) is 33.8 Å². The van der Waals surface area contributed by atoms with Crippen LogP contribution in [0.25, 0.3) is 0 Å². The first-order valence-corrected chi connectivity index (χ1v) is 7.13. The Balaban J connectivity index is 2.62. The monoisotopic (exact) mass is 328 g/mol. The molecular weight excluding hydrogens is 312 g/mol. The highest BCUT2D eigenvalue weighted by Crippen LogP contribution is 2.31. The van der Waals surface area contributed by atoms with Gasteiger partial charge in [-0.1, -0.05) is 12.1 Å². The standard InChI is InChI=1S/C18H16O6/c1-9(19)13-7-11(3-5-15(13)21)17(18(23)24)12-4-6-16(22)14(8-12)10(2)20/h3-8,17,21-22H,1-2H3,(H,23,24). The van der Waals surface area contributed by atoms with E-state index in [2.05, 4.69) is 0 Å². The number of ketones is 2. The summed E-state index contributed by atoms with van der Waals surface area (Å²) in [5.41, 5.74) is 0.602. The summed E-state index contributed by atoms with van der Waals surface area (Å²) in [5.74, 6) is -3.59. The maximum Gasteiger partial charge on any atom is 0.315 e. The predicted octanol–water partition coefficient (Wildman–Crippen LogP) is 2.72. The summed E-state index contributed by atoms with van der Waals surface area (Å²) in [6.07, 6.45) is 0. The lowest BCUT2D eigenvalue weighted by molar-refractivity contribution is -0.137. The third-order valence-electron chi connectivity index (χ3n) is 3.71. The second-order valence-electron chi connectivity index (χ2n) is 5.44. The van der Waals surface area contributed by atoms with E-state index in [1.165, 1.54) is 50.2 Å². The first-order valence-electron chi connectivity index (χ1n) is 7.13. The number of carboxylic acids is 1. The molecule has 0 aliphatic carbocycles. The van der Waals surface area contributed by atoms with Crippen LogP contribution in [0.15, 0.2) is 36.4 Å². The minimum atomic E-state index is -1.18. The Bertz CT molecular complexity index is 774. The lowest BCUT2D eigenvalue weighted by Gasteiger charge is -2.16. The third kappa shape index (κ3) is 3.27. The first-order chi connectivity index (χ1) is 11.2. The highest BCUT2D eigenvalue weighted by Gasteiger charge is 2.25. The number of aliphatic carboxylic acids is 1. The van der Waals surface area contributed by atoms with Gasteiger partial charge in [-0.2, -0.15) is 0 Å². The van der Waals surface area contributed by atoms with Gasteiger partial charge in [-0.3, -0.25) is 14.4 Å². The van der Waals surface area contributed by atoms with Crippen molar-refractivity contribution < 1.29 is 29.7 Å². The Morgan fingerprint density at radius 2 is 1.17 bits per heavy atom. The van der Waals surface area contributed by atoms with E-state index < -0.39 is 23.5 Å². The van der Waals surface area contributed by atoms with E-state index in [1.807, 2.05) is 0 Å². The molecular formula is C18H16O6. The lowest BCUT2D eigenvalue weighted by Crippen LogP contribution is -2.14. The molecule has 0 spiro atoms. The number of hydrogen-bond acceptors (Lipinski definition) is 5. The molecule has 0 aliphatic heterocycles. The zero-order valence-corrected chi connectivity index (χ0v) is 13.1. The van der Waals surface area contributed by atoms with Crippen molar-refractivity contribution in [2.24, 2.45) is 0 Å². The van der Waals surface area contributed by atoms with Crippen LogP contribution in [0.2, 0.25) is 0 Å². The van der Waals surface area contributed by atoms with Crippen LogP contribution >= 0.6 is 0 Å². The van der Waals surface area contributed by atoms with E-state index in [0.29, 0.717) is 0 Å². The van der Waals surface area contributed by atoms with Crippen LogP contribution in [0.4, 0.5) is 0 Å². The Labute approximate surface area is 138 Å². The van der Waals surface area contributed by atoms with E-state index in [9.17, 15) is 29.7 Å². The molecule has 3 N–H and O–H groups in total. The van der Waals surface area contributed by atoms with Crippen LogP contribution < -0.4 is 0 Å². The van der Waals surface area contributed by atoms with Crippen LogP contribution in [0.3, 0.4) is 0 Å². The molecule has 6 nitrogen and oxygen atoms in total. The quantitative estimate of drug-likeness (QED) is 0.728. The van der Waals surface area contributed by atoms with Crippen molar-refractivity contribution >= 4 is 17.5 Å². The number of carboxylic acid groups (broad SMARTS) is 1. The number of aromatic hydroxyl groups is 2. The molecule has 2 aromatic rings. The summed E-state index contributed by atoms with van der Waals surface area (Å²) >= 11 is 0. The Morgan fingerprint density at radius 3 is 1.46 bits per heavy atom. The summed E-state index contributed by atoms with van der Waals surface area (Å²) in [7, 11) is 0. The molecule has 0 unspecified atom stereocenters. The van der Waals surface area contributed by atoms with Gasteiger partial charge in [0.05, 0.1) is 11.1 Å². The fourth-order valence-electron chi connectivity index (χ4n) is 2.51. The summed E-state index contributed by atoms with van der Waals surface area (Å²) in [5, 5.41) is 29.0. The fourth-order valence-corrected chi connectivity index (χ4v) is 2.51. The molecule has 0 atom stereocenters. The number of phenols is 2. The van der Waals surface area contributed by atoms with Crippen molar-refractivity contribution in [1.82, 2.24) is 0 Å². The zero-order valence-electron chi connectivity index (χ0n) is 13.1. The van der Waals surface area contributed by atoms with Crippen molar-refractivity contribution in [1.29, 1.82) is 0 Å². The topological polar surface area (TPSA) is 112 Å². The lowest BCUT2D eigenvalue weighted by atomic mass is 9.88. The molecule has 0 bridgehead atoms. The second kappa shape index (κ2) is 6.54. The molecule has 0 aromatic heterocycles. The first kappa shape index (κ1) is 17.2. The van der Waals surface area contributed by atoms with Crippen molar-refractivity contribution in [3.8, 4) is 11.5 Å². The number of carbonyl (C=O) groups is 3. The summed E-state index contributed by atoms with van der Waals surface area (Å²) in [6.45, 7) is 2.53. The summed E-state index contributed by atoms with van der Waals surface area (Å²) in [6, 6.07) is 7.96. The molecule has 0 amide bonds. The Hall–Kier alpha value is -3.15. The van der Waals surface area contributed by atoms with Gasteiger partial charge in [0.1, 0.15) is 17.4 Å². The van der Waals surface area contributed by atoms with Crippen LogP contribution in [-0.4, -0.2) is 32.9 Å². The SMILES string of the molecule is CC(=O)c1cc(C(C(=O)O)c2ccc(O)c(C(C)=O)c2)ccc1O. The van der Waals surface area contributed by atoms with Crippen LogP contribution in [0, 0.1) is 0 Å². The minimum absolute atomic E-state index is 0.0179. The Morgan fingerprint density at radius 1 is 0.792 bits per heavy atom. The van der Waals surface area contributed by atoms with Gasteiger partial charge in [-0.25, -0.2) is 0 Å². The minimum Gasteiger partial charge on any atom is -0.507 e. The highest BCUT2D eigenvalue weighted by molar-refractivity contribution is 5.98. The van der Waals surface area contributed by atoms with Gasteiger partial charge in [0.25, 0.3) is 0 Å². The molecule has 2 rings (SSSR count). The molecule has 2 aromatic carbocycles.